The smallest absolute Gasteiger partial charge is 0.307 e. The molecule has 0 fully saturated rings. The Morgan fingerprint density at radius 2 is 1.71 bits per heavy atom. The summed E-state index contributed by atoms with van der Waals surface area (Å²) >= 11 is 3.37. The zero-order chi connectivity index (χ0) is 17.4. The third kappa shape index (κ3) is 5.49. The molecule has 0 aliphatic heterocycles. The molecule has 5 heteroatoms. The summed E-state index contributed by atoms with van der Waals surface area (Å²) in [5.74, 6) is -0.394. The second-order valence-electron chi connectivity index (χ2n) is 5.27. The monoisotopic (exact) mass is 389 g/mol. The molecule has 0 bridgehead atoms. The predicted molar refractivity (Wildman–Crippen MR) is 96.6 cm³/mol. The average molecular weight is 390 g/mol. The summed E-state index contributed by atoms with van der Waals surface area (Å²) in [5.41, 5.74) is 1.62. The molecule has 0 aromatic heterocycles. The first kappa shape index (κ1) is 18.2. The van der Waals surface area contributed by atoms with E-state index in [2.05, 4.69) is 15.9 Å². The van der Waals surface area contributed by atoms with Crippen LogP contribution in [0.2, 0.25) is 0 Å². The minimum atomic E-state index is -0.292. The molecule has 2 aromatic carbocycles. The van der Waals surface area contributed by atoms with E-state index in [4.69, 9.17) is 4.74 Å². The summed E-state index contributed by atoms with van der Waals surface area (Å²) in [6.07, 6.45) is 0.183. The van der Waals surface area contributed by atoms with E-state index in [1.165, 1.54) is 0 Å². The summed E-state index contributed by atoms with van der Waals surface area (Å²) in [4.78, 5) is 26.1. The Morgan fingerprint density at radius 3 is 2.33 bits per heavy atom. The molecule has 4 nitrogen and oxygen atoms in total. The quantitative estimate of drug-likeness (QED) is 0.671. The van der Waals surface area contributed by atoms with Crippen LogP contribution in [0.1, 0.15) is 29.3 Å². The lowest BCUT2D eigenvalue weighted by Gasteiger charge is -2.22. The zero-order valence-electron chi connectivity index (χ0n) is 13.6. The van der Waals surface area contributed by atoms with Crippen molar-refractivity contribution in [3.63, 3.8) is 0 Å². The van der Waals surface area contributed by atoms with E-state index in [-0.39, 0.29) is 18.3 Å². The van der Waals surface area contributed by atoms with Crippen molar-refractivity contribution in [3.05, 3.63) is 70.2 Å². The predicted octanol–water partition coefficient (Wildman–Crippen LogP) is 4.04. The maximum Gasteiger partial charge on any atom is 0.307 e. The van der Waals surface area contributed by atoms with Crippen LogP contribution in [0, 0.1) is 0 Å². The van der Waals surface area contributed by atoms with Gasteiger partial charge in [-0.05, 0) is 36.8 Å². The zero-order valence-corrected chi connectivity index (χ0v) is 15.2. The van der Waals surface area contributed by atoms with Gasteiger partial charge in [0.25, 0.3) is 5.91 Å². The van der Waals surface area contributed by atoms with E-state index in [1.54, 1.807) is 24.0 Å². The number of hydrogen-bond acceptors (Lipinski definition) is 3. The molecule has 0 atom stereocenters. The molecule has 0 N–H and O–H groups in total. The Hall–Kier alpha value is -2.14. The highest BCUT2D eigenvalue weighted by Crippen LogP contribution is 2.15. The summed E-state index contributed by atoms with van der Waals surface area (Å²) < 4.78 is 5.88. The van der Waals surface area contributed by atoms with E-state index < -0.39 is 0 Å². The van der Waals surface area contributed by atoms with Crippen molar-refractivity contribution in [2.75, 3.05) is 13.2 Å². The van der Waals surface area contributed by atoms with E-state index in [9.17, 15) is 9.59 Å². The number of carbonyl (C=O) groups is 2. The number of hydrogen-bond donors (Lipinski definition) is 0. The van der Waals surface area contributed by atoms with Gasteiger partial charge in [-0.25, -0.2) is 0 Å². The van der Waals surface area contributed by atoms with Crippen LogP contribution in [0.15, 0.2) is 59.1 Å². The van der Waals surface area contributed by atoms with E-state index in [0.717, 1.165) is 10.0 Å². The van der Waals surface area contributed by atoms with Gasteiger partial charge < -0.3 is 9.64 Å². The van der Waals surface area contributed by atoms with Gasteiger partial charge in [0.1, 0.15) is 0 Å². The van der Waals surface area contributed by atoms with Crippen molar-refractivity contribution in [3.8, 4) is 0 Å². The number of benzene rings is 2. The van der Waals surface area contributed by atoms with Gasteiger partial charge in [-0.15, -0.1) is 0 Å². The van der Waals surface area contributed by atoms with E-state index >= 15 is 0 Å². The summed E-state index contributed by atoms with van der Waals surface area (Å²) in [7, 11) is 0. The van der Waals surface area contributed by atoms with Gasteiger partial charge in [0.15, 0.2) is 0 Å². The number of ether oxygens (including phenoxy) is 1. The Morgan fingerprint density at radius 1 is 1.04 bits per heavy atom. The standard InChI is InChI=1S/C19H20BrNO3/c1-2-24-18(22)12-13-21(14-15-6-4-3-5-7-15)19(23)16-8-10-17(20)11-9-16/h3-11H,2,12-14H2,1H3. The molecule has 1 amide bonds. The van der Waals surface area contributed by atoms with Crippen LogP contribution in [0.25, 0.3) is 0 Å². The van der Waals surface area contributed by atoms with Gasteiger partial charge >= 0.3 is 5.97 Å². The van der Waals surface area contributed by atoms with E-state index in [0.29, 0.717) is 25.3 Å². The second-order valence-corrected chi connectivity index (χ2v) is 6.19. The molecule has 2 rings (SSSR count). The van der Waals surface area contributed by atoms with Crippen LogP contribution in [0.3, 0.4) is 0 Å². The van der Waals surface area contributed by atoms with Crippen LogP contribution in [-0.4, -0.2) is 29.9 Å². The van der Waals surface area contributed by atoms with Gasteiger partial charge in [-0.2, -0.15) is 0 Å². The lowest BCUT2D eigenvalue weighted by molar-refractivity contribution is -0.143. The minimum absolute atomic E-state index is 0.101. The maximum absolute atomic E-state index is 12.8. The van der Waals surface area contributed by atoms with Crippen molar-refractivity contribution in [1.29, 1.82) is 0 Å². The van der Waals surface area contributed by atoms with Crippen LogP contribution in [0.5, 0.6) is 0 Å². The number of halogens is 1. The van der Waals surface area contributed by atoms with Crippen LogP contribution in [0.4, 0.5) is 0 Å². The second kappa shape index (κ2) is 9.23. The summed E-state index contributed by atoms with van der Waals surface area (Å²) in [6.45, 7) is 2.89. The number of carbonyl (C=O) groups excluding carboxylic acids is 2. The van der Waals surface area contributed by atoms with Gasteiger partial charge in [0, 0.05) is 23.1 Å². The maximum atomic E-state index is 12.8. The van der Waals surface area contributed by atoms with Gasteiger partial charge in [-0.1, -0.05) is 46.3 Å². The van der Waals surface area contributed by atoms with Crippen molar-refractivity contribution in [2.45, 2.75) is 19.9 Å². The number of rotatable bonds is 7. The Labute approximate surface area is 150 Å². The molecule has 24 heavy (non-hydrogen) atoms. The highest BCUT2D eigenvalue weighted by atomic mass is 79.9. The molecule has 0 saturated carbocycles. The third-order valence-corrected chi connectivity index (χ3v) is 4.01. The lowest BCUT2D eigenvalue weighted by Crippen LogP contribution is -2.32. The Bertz CT molecular complexity index is 671. The molecule has 0 saturated heterocycles. The van der Waals surface area contributed by atoms with E-state index in [1.807, 2.05) is 42.5 Å². The molecule has 0 heterocycles. The SMILES string of the molecule is CCOC(=O)CCN(Cc1ccccc1)C(=O)c1ccc(Br)cc1. The van der Waals surface area contributed by atoms with Crippen LogP contribution < -0.4 is 0 Å². The van der Waals surface area contributed by atoms with Crippen LogP contribution >= 0.6 is 15.9 Å². The molecular formula is C19H20BrNO3. The Balaban J connectivity index is 2.13. The fourth-order valence-electron chi connectivity index (χ4n) is 2.29. The molecular weight excluding hydrogens is 370 g/mol. The van der Waals surface area contributed by atoms with Crippen molar-refractivity contribution >= 4 is 27.8 Å². The fraction of sp³-hybridized carbons (Fsp3) is 0.263. The molecule has 0 aliphatic rings. The summed E-state index contributed by atoms with van der Waals surface area (Å²) in [6, 6.07) is 16.9. The molecule has 0 aliphatic carbocycles. The number of nitrogens with zero attached hydrogens (tertiary/aromatic N) is 1. The average Bonchev–Trinajstić information content (AvgIpc) is 2.60. The highest BCUT2D eigenvalue weighted by molar-refractivity contribution is 9.10. The van der Waals surface area contributed by atoms with Crippen molar-refractivity contribution < 1.29 is 14.3 Å². The first-order valence-electron chi connectivity index (χ1n) is 7.84. The molecule has 126 valence electrons. The van der Waals surface area contributed by atoms with Crippen molar-refractivity contribution in [2.24, 2.45) is 0 Å². The first-order valence-corrected chi connectivity index (χ1v) is 8.64. The number of amides is 1. The molecule has 0 unspecified atom stereocenters. The van der Waals surface area contributed by atoms with Gasteiger partial charge in [-0.3, -0.25) is 9.59 Å². The lowest BCUT2D eigenvalue weighted by atomic mass is 10.1. The molecule has 0 radical (unpaired) electrons. The first-order chi connectivity index (χ1) is 11.6. The Kier molecular flexibility index (Phi) is 7.00. The van der Waals surface area contributed by atoms with Crippen molar-refractivity contribution in [1.82, 2.24) is 4.90 Å². The number of esters is 1. The fourth-order valence-corrected chi connectivity index (χ4v) is 2.55. The van der Waals surface area contributed by atoms with Crippen LogP contribution in [-0.2, 0) is 16.1 Å². The molecule has 0 spiro atoms. The highest BCUT2D eigenvalue weighted by Gasteiger charge is 2.17. The minimum Gasteiger partial charge on any atom is -0.466 e. The summed E-state index contributed by atoms with van der Waals surface area (Å²) in [5, 5.41) is 0. The largest absolute Gasteiger partial charge is 0.466 e. The van der Waals surface area contributed by atoms with Gasteiger partial charge in [0.05, 0.1) is 13.0 Å². The third-order valence-electron chi connectivity index (χ3n) is 3.49. The normalized spacial score (nSPS) is 10.2. The topological polar surface area (TPSA) is 46.6 Å². The van der Waals surface area contributed by atoms with Gasteiger partial charge in [0.2, 0.25) is 0 Å². The molecule has 2 aromatic rings.